The molecule has 0 bridgehead atoms. The Balaban J connectivity index is 1.89. The van der Waals surface area contributed by atoms with Gasteiger partial charge in [-0.15, -0.1) is 0 Å². The molecular formula is C24H30Cl2F2N4O3. The average Bonchev–Trinajstić information content (AvgIpc) is 2.84. The number of hydrogen-bond acceptors (Lipinski definition) is 6. The zero-order valence-corrected chi connectivity index (χ0v) is 20.9. The summed E-state index contributed by atoms with van der Waals surface area (Å²) in [5, 5.41) is 0.0883. The Bertz CT molecular complexity index is 942. The number of alkyl halides is 2. The van der Waals surface area contributed by atoms with Crippen molar-refractivity contribution in [3.05, 3.63) is 39.8 Å². The van der Waals surface area contributed by atoms with Gasteiger partial charge in [0.1, 0.15) is 5.71 Å². The van der Waals surface area contributed by atoms with Crippen LogP contribution in [0.15, 0.2) is 29.2 Å². The Morgan fingerprint density at radius 1 is 1.14 bits per heavy atom. The van der Waals surface area contributed by atoms with E-state index in [0.29, 0.717) is 38.9 Å². The molecule has 1 aliphatic carbocycles. The van der Waals surface area contributed by atoms with Crippen LogP contribution >= 0.6 is 23.2 Å². The maximum absolute atomic E-state index is 14.1. The Morgan fingerprint density at radius 3 is 2.34 bits per heavy atom. The van der Waals surface area contributed by atoms with Gasteiger partial charge in [-0.25, -0.2) is 8.78 Å². The van der Waals surface area contributed by atoms with E-state index in [4.69, 9.17) is 33.7 Å². The van der Waals surface area contributed by atoms with E-state index >= 15 is 0 Å². The summed E-state index contributed by atoms with van der Waals surface area (Å²) in [6, 6.07) is -0.282. The van der Waals surface area contributed by atoms with Gasteiger partial charge in [0.05, 0.1) is 33.8 Å². The summed E-state index contributed by atoms with van der Waals surface area (Å²) in [6.45, 7) is 0.809. The second kappa shape index (κ2) is 13.3. The van der Waals surface area contributed by atoms with Crippen molar-refractivity contribution in [1.82, 2.24) is 9.88 Å². The number of aliphatic imine (C=N–C) groups is 1. The van der Waals surface area contributed by atoms with Gasteiger partial charge in [-0.05, 0) is 31.6 Å². The van der Waals surface area contributed by atoms with Crippen molar-refractivity contribution in [2.24, 2.45) is 16.6 Å². The molecule has 0 spiro atoms. The molecule has 1 saturated carbocycles. The van der Waals surface area contributed by atoms with Gasteiger partial charge < -0.3 is 15.4 Å². The van der Waals surface area contributed by atoms with E-state index in [2.05, 4.69) is 9.98 Å². The fraction of sp³-hybridized carbons (Fsp3) is 0.583. The lowest BCUT2D eigenvalue weighted by atomic mass is 9.95. The first-order valence-corrected chi connectivity index (χ1v) is 12.5. The number of amides is 1. The number of nitrogens with zero attached hydrogens (tertiary/aromatic N) is 3. The van der Waals surface area contributed by atoms with Crippen molar-refractivity contribution in [2.45, 2.75) is 57.4 Å². The number of ether oxygens (including phenoxy) is 1. The molecule has 0 radical (unpaired) electrons. The summed E-state index contributed by atoms with van der Waals surface area (Å²) < 4.78 is 33.6. The highest BCUT2D eigenvalue weighted by Crippen LogP contribution is 2.26. The summed E-state index contributed by atoms with van der Waals surface area (Å²) in [4.78, 5) is 36.0. The van der Waals surface area contributed by atoms with Crippen LogP contribution in [0.1, 0.15) is 55.3 Å². The summed E-state index contributed by atoms with van der Waals surface area (Å²) >= 11 is 12.3. The minimum absolute atomic E-state index is 0.0244. The van der Waals surface area contributed by atoms with Gasteiger partial charge in [0.15, 0.2) is 5.78 Å². The quantitative estimate of drug-likeness (QED) is 0.283. The minimum atomic E-state index is -2.99. The zero-order chi connectivity index (χ0) is 25.4. The first kappa shape index (κ1) is 27.5. The Morgan fingerprint density at radius 2 is 1.77 bits per heavy atom. The van der Waals surface area contributed by atoms with E-state index in [1.54, 1.807) is 0 Å². The molecule has 0 unspecified atom stereocenters. The third-order valence-electron chi connectivity index (χ3n) is 6.35. The smallest absolute Gasteiger partial charge is 0.280 e. The lowest BCUT2D eigenvalue weighted by molar-refractivity contribution is -0.127. The average molecular weight is 531 g/mol. The number of nitrogens with two attached hydrogens (primary N) is 1. The summed E-state index contributed by atoms with van der Waals surface area (Å²) in [5.41, 5.74) is 4.70. The highest BCUT2D eigenvalue weighted by molar-refractivity contribution is 6.39. The van der Waals surface area contributed by atoms with Crippen LogP contribution in [-0.4, -0.2) is 66.1 Å². The van der Waals surface area contributed by atoms with Crippen LogP contribution in [-0.2, 0) is 9.53 Å². The zero-order valence-electron chi connectivity index (χ0n) is 19.4. The van der Waals surface area contributed by atoms with Gasteiger partial charge in [0.2, 0.25) is 0 Å². The fourth-order valence-corrected chi connectivity index (χ4v) is 5.05. The predicted molar refractivity (Wildman–Crippen MR) is 131 cm³/mol. The highest BCUT2D eigenvalue weighted by Gasteiger charge is 2.32. The molecule has 3 rings (SSSR count). The van der Waals surface area contributed by atoms with Gasteiger partial charge >= 0.3 is 0 Å². The molecule has 192 valence electrons. The second-order valence-corrected chi connectivity index (χ2v) is 9.64. The number of carbonyl (C=O) groups excluding carboxylic acids is 2. The Kier molecular flexibility index (Phi) is 10.4. The molecule has 11 heteroatoms. The lowest BCUT2D eigenvalue weighted by Gasteiger charge is -2.30. The summed E-state index contributed by atoms with van der Waals surface area (Å²) in [6.07, 6.45) is 6.00. The van der Waals surface area contributed by atoms with Crippen molar-refractivity contribution < 1.29 is 23.1 Å². The largest absolute Gasteiger partial charge is 0.404 e. The van der Waals surface area contributed by atoms with E-state index < -0.39 is 35.9 Å². The van der Waals surface area contributed by atoms with Gasteiger partial charge in [0, 0.05) is 38.4 Å². The van der Waals surface area contributed by atoms with E-state index in [1.165, 1.54) is 17.3 Å². The van der Waals surface area contributed by atoms with E-state index in [9.17, 15) is 18.4 Å². The van der Waals surface area contributed by atoms with Crippen LogP contribution in [0.25, 0.3) is 0 Å². The molecule has 1 amide bonds. The number of aromatic nitrogens is 1. The number of pyridine rings is 1. The normalized spacial score (nSPS) is 18.7. The molecule has 35 heavy (non-hydrogen) atoms. The molecule has 2 N–H and O–H groups in total. The van der Waals surface area contributed by atoms with Crippen molar-refractivity contribution in [3.63, 3.8) is 0 Å². The Hall–Kier alpha value is -2.10. The van der Waals surface area contributed by atoms with Crippen LogP contribution in [0.2, 0.25) is 10.0 Å². The molecule has 1 saturated heterocycles. The standard InChI is InChI=1S/C24H30Cl2F2N4O3/c25-18-11-30-12-19(26)21(18)20(33)14-32(13-15-6-8-35-9-7-15)24(34)17(10-29)22(23(27)28)31-16-4-2-1-3-5-16/h10-12,15-16,23H,1-9,13-14,29H2. The van der Waals surface area contributed by atoms with Gasteiger partial charge in [0.25, 0.3) is 12.3 Å². The molecule has 7 nitrogen and oxygen atoms in total. The number of hydrogen-bond donors (Lipinski definition) is 1. The molecule has 1 aliphatic heterocycles. The minimum Gasteiger partial charge on any atom is -0.404 e. The predicted octanol–water partition coefficient (Wildman–Crippen LogP) is 4.71. The molecule has 0 aromatic carbocycles. The molecule has 2 aliphatic rings. The molecule has 1 aromatic rings. The number of halogens is 4. The van der Waals surface area contributed by atoms with Crippen LogP contribution in [0.3, 0.4) is 0 Å². The second-order valence-electron chi connectivity index (χ2n) is 8.83. The number of carbonyl (C=O) groups is 2. The van der Waals surface area contributed by atoms with Crippen LogP contribution in [0.5, 0.6) is 0 Å². The maximum atomic E-state index is 14.1. The van der Waals surface area contributed by atoms with E-state index in [0.717, 1.165) is 25.5 Å². The summed E-state index contributed by atoms with van der Waals surface area (Å²) in [7, 11) is 0. The van der Waals surface area contributed by atoms with Gasteiger partial charge in [-0.3, -0.25) is 19.6 Å². The number of rotatable bonds is 9. The first-order valence-electron chi connectivity index (χ1n) is 11.8. The van der Waals surface area contributed by atoms with E-state index in [-0.39, 0.29) is 34.1 Å². The molecule has 2 fully saturated rings. The summed E-state index contributed by atoms with van der Waals surface area (Å²) in [5.74, 6) is -1.27. The third-order valence-corrected chi connectivity index (χ3v) is 6.92. The number of ketones is 1. The van der Waals surface area contributed by atoms with Crippen molar-refractivity contribution in [1.29, 1.82) is 0 Å². The van der Waals surface area contributed by atoms with Crippen LogP contribution in [0, 0.1) is 5.92 Å². The van der Waals surface area contributed by atoms with Crippen molar-refractivity contribution in [2.75, 3.05) is 26.3 Å². The SMILES string of the molecule is NC=C(C(=O)N(CC(=O)c1c(Cl)cncc1Cl)CC1CCOCC1)C(=NC1CCCCC1)C(F)F. The topological polar surface area (TPSA) is 97.9 Å². The molecule has 1 aromatic heterocycles. The number of Topliss-reactive ketones (excluding diaryl/α,β-unsaturated/α-hetero) is 1. The third kappa shape index (κ3) is 7.44. The highest BCUT2D eigenvalue weighted by atomic mass is 35.5. The molecule has 2 heterocycles. The van der Waals surface area contributed by atoms with Crippen LogP contribution < -0.4 is 5.73 Å². The maximum Gasteiger partial charge on any atom is 0.280 e. The van der Waals surface area contributed by atoms with Gasteiger partial charge in [-0.1, -0.05) is 42.5 Å². The molecular weight excluding hydrogens is 501 g/mol. The fourth-order valence-electron chi connectivity index (χ4n) is 4.48. The molecule has 0 atom stereocenters. The Labute approximate surface area is 213 Å². The van der Waals surface area contributed by atoms with Crippen LogP contribution in [0.4, 0.5) is 8.78 Å². The first-order chi connectivity index (χ1) is 16.8. The van der Waals surface area contributed by atoms with E-state index in [1.807, 2.05) is 0 Å². The lowest BCUT2D eigenvalue weighted by Crippen LogP contribution is -2.43. The van der Waals surface area contributed by atoms with Crippen molar-refractivity contribution in [3.8, 4) is 0 Å². The van der Waals surface area contributed by atoms with Crippen molar-refractivity contribution >= 4 is 40.6 Å². The monoisotopic (exact) mass is 530 g/mol. The van der Waals surface area contributed by atoms with Gasteiger partial charge in [-0.2, -0.15) is 0 Å².